The van der Waals surface area contributed by atoms with E-state index in [-0.39, 0.29) is 47.9 Å². The number of hydrogen-bond donors (Lipinski definition) is 4. The number of hydrogen-bond acceptors (Lipinski definition) is 5. The van der Waals surface area contributed by atoms with Crippen LogP contribution in [0, 0.1) is 11.8 Å². The third kappa shape index (κ3) is 10.1. The molecule has 0 saturated carbocycles. The molecule has 9 heteroatoms. The van der Waals surface area contributed by atoms with Crippen LogP contribution in [0.1, 0.15) is 105 Å². The van der Waals surface area contributed by atoms with Gasteiger partial charge in [0.25, 0.3) is 11.8 Å². The van der Waals surface area contributed by atoms with E-state index in [1.807, 2.05) is 27.7 Å². The van der Waals surface area contributed by atoms with Gasteiger partial charge in [0.1, 0.15) is 17.8 Å². The van der Waals surface area contributed by atoms with Crippen molar-refractivity contribution in [1.82, 2.24) is 21.3 Å². The number of amides is 4. The average molecular weight is 919 g/mol. The van der Waals surface area contributed by atoms with E-state index in [0.717, 1.165) is 58.4 Å². The third-order valence-corrected chi connectivity index (χ3v) is 13.5. The second kappa shape index (κ2) is 20.5. The quantitative estimate of drug-likeness (QED) is 0.0447. The number of carbonyl (C=O) groups is 4. The molecule has 0 aliphatic carbocycles. The number of carbonyl (C=O) groups excluding carboxylic acids is 4. The minimum Gasteiger partial charge on any atom is -0.494 e. The van der Waals surface area contributed by atoms with Gasteiger partial charge in [-0.1, -0.05) is 163 Å². The molecule has 9 rings (SSSR count). The molecule has 9 aromatic rings. The lowest BCUT2D eigenvalue weighted by Gasteiger charge is -2.22. The highest BCUT2D eigenvalue weighted by atomic mass is 16.5. The van der Waals surface area contributed by atoms with Gasteiger partial charge in [-0.05, 0) is 125 Å². The van der Waals surface area contributed by atoms with Crippen molar-refractivity contribution >= 4 is 88.3 Å². The molecule has 0 bridgehead atoms. The molecule has 0 heterocycles. The molecule has 2 atom stereocenters. The fourth-order valence-electron chi connectivity index (χ4n) is 10.1. The Balaban J connectivity index is 0.923. The van der Waals surface area contributed by atoms with Gasteiger partial charge >= 0.3 is 0 Å². The molecule has 0 spiro atoms. The summed E-state index contributed by atoms with van der Waals surface area (Å²) in [6.07, 6.45) is 4.76. The zero-order chi connectivity index (χ0) is 48.2. The first kappa shape index (κ1) is 46.8. The fourth-order valence-corrected chi connectivity index (χ4v) is 10.1. The van der Waals surface area contributed by atoms with E-state index in [0.29, 0.717) is 25.2 Å². The number of rotatable bonds is 20. The summed E-state index contributed by atoms with van der Waals surface area (Å²) >= 11 is 0. The SMILES string of the molecule is CCCCCCOc1cc(C(=O)N[C@@H](CC(C)C)C(=O)NCc2ccc3ccc4cccc5ccc2c3c45)cc(C(=O)N[C@@H](CC(C)C)C(=O)NCc2ccc3ccc4cccc5ccc2c3c45)c1. The Morgan fingerprint density at radius 3 is 1.30 bits per heavy atom. The van der Waals surface area contributed by atoms with Gasteiger partial charge in [0.05, 0.1) is 6.61 Å². The van der Waals surface area contributed by atoms with Gasteiger partial charge < -0.3 is 26.0 Å². The summed E-state index contributed by atoms with van der Waals surface area (Å²) in [6.45, 7) is 11.2. The van der Waals surface area contributed by atoms with E-state index in [4.69, 9.17) is 4.74 Å². The Hall–Kier alpha value is -7.26. The van der Waals surface area contributed by atoms with Gasteiger partial charge in [0.2, 0.25) is 11.8 Å². The zero-order valence-corrected chi connectivity index (χ0v) is 40.3. The molecular weight excluding hydrogens is 857 g/mol. The van der Waals surface area contributed by atoms with Gasteiger partial charge in [0, 0.05) is 24.2 Å². The van der Waals surface area contributed by atoms with Crippen molar-refractivity contribution in [2.24, 2.45) is 11.8 Å². The van der Waals surface area contributed by atoms with Crippen LogP contribution in [-0.4, -0.2) is 42.3 Å². The molecule has 4 N–H and O–H groups in total. The molecule has 0 fully saturated rings. The Kier molecular flexibility index (Phi) is 13.9. The number of benzene rings is 9. The van der Waals surface area contributed by atoms with Crippen LogP contribution in [0.15, 0.2) is 127 Å². The number of ether oxygens (including phenoxy) is 1. The molecule has 4 amide bonds. The summed E-state index contributed by atoms with van der Waals surface area (Å²) in [5.41, 5.74) is 2.33. The second-order valence-corrected chi connectivity index (χ2v) is 19.6. The Labute approximate surface area is 404 Å². The molecule has 0 saturated heterocycles. The van der Waals surface area contributed by atoms with Crippen molar-refractivity contribution < 1.29 is 23.9 Å². The van der Waals surface area contributed by atoms with Crippen LogP contribution in [0.2, 0.25) is 0 Å². The Morgan fingerprint density at radius 2 is 0.884 bits per heavy atom. The highest BCUT2D eigenvalue weighted by Crippen LogP contribution is 2.37. The van der Waals surface area contributed by atoms with Crippen molar-refractivity contribution in [1.29, 1.82) is 0 Å². The predicted octanol–water partition coefficient (Wildman–Crippen LogP) is 12.4. The van der Waals surface area contributed by atoms with Gasteiger partial charge in [-0.3, -0.25) is 19.2 Å². The smallest absolute Gasteiger partial charge is 0.252 e. The van der Waals surface area contributed by atoms with Crippen molar-refractivity contribution in [2.45, 2.75) is 98.3 Å². The highest BCUT2D eigenvalue weighted by Gasteiger charge is 2.27. The van der Waals surface area contributed by atoms with Gasteiger partial charge in [-0.25, -0.2) is 0 Å². The summed E-state index contributed by atoms with van der Waals surface area (Å²) < 4.78 is 6.18. The van der Waals surface area contributed by atoms with Crippen molar-refractivity contribution in [3.8, 4) is 5.75 Å². The maximum Gasteiger partial charge on any atom is 0.252 e. The first-order valence-corrected chi connectivity index (χ1v) is 24.7. The van der Waals surface area contributed by atoms with Crippen LogP contribution < -0.4 is 26.0 Å². The first-order chi connectivity index (χ1) is 33.4. The predicted molar refractivity (Wildman–Crippen MR) is 281 cm³/mol. The van der Waals surface area contributed by atoms with E-state index >= 15 is 0 Å². The van der Waals surface area contributed by atoms with E-state index in [9.17, 15) is 19.2 Å². The number of unbranched alkanes of at least 4 members (excludes halogenated alkanes) is 3. The van der Waals surface area contributed by atoms with Crippen molar-refractivity contribution in [2.75, 3.05) is 6.61 Å². The monoisotopic (exact) mass is 918 g/mol. The van der Waals surface area contributed by atoms with Crippen LogP contribution in [0.25, 0.3) is 64.6 Å². The summed E-state index contributed by atoms with van der Waals surface area (Å²) in [7, 11) is 0. The minimum atomic E-state index is -0.847. The summed E-state index contributed by atoms with van der Waals surface area (Å²) in [6, 6.07) is 41.1. The molecule has 9 nitrogen and oxygen atoms in total. The standard InChI is InChI=1S/C60H62N4O5/c1-6-7-8-9-28-69-48-32-46(57(65)63-51(29-36(2)3)59(67)61-34-44-22-20-42-18-16-38-12-10-14-40-24-26-49(44)55(42)53(38)40)31-47(33-48)58(66)64-52(30-37(4)5)60(68)62-35-45-23-21-43-19-17-39-13-11-15-41-25-27-50(45)56(43)54(39)41/h10-27,31-33,36-37,51-52H,6-9,28-30,34-35H2,1-5H3,(H,61,67)(H,62,68)(H,63,65)(H,64,66)/t51-,52-/m0/s1. The van der Waals surface area contributed by atoms with E-state index in [2.05, 4.69) is 137 Å². The molecule has 0 aromatic heterocycles. The minimum absolute atomic E-state index is 0.0903. The lowest BCUT2D eigenvalue weighted by molar-refractivity contribution is -0.124. The van der Waals surface area contributed by atoms with Gasteiger partial charge in [0.15, 0.2) is 0 Å². The van der Waals surface area contributed by atoms with E-state index in [1.54, 1.807) is 12.1 Å². The fraction of sp³-hybridized carbons (Fsp3) is 0.300. The molecule has 69 heavy (non-hydrogen) atoms. The van der Waals surface area contributed by atoms with Crippen LogP contribution in [0.3, 0.4) is 0 Å². The Bertz CT molecular complexity index is 3080. The summed E-state index contributed by atoms with van der Waals surface area (Å²) in [4.78, 5) is 56.7. The average Bonchev–Trinajstić information content (AvgIpc) is 3.35. The van der Waals surface area contributed by atoms with Gasteiger partial charge in [-0.15, -0.1) is 0 Å². The maximum atomic E-state index is 14.3. The molecule has 352 valence electrons. The van der Waals surface area contributed by atoms with Crippen LogP contribution in [0.5, 0.6) is 5.75 Å². The second-order valence-electron chi connectivity index (χ2n) is 19.6. The summed E-state index contributed by atoms with van der Waals surface area (Å²) in [5, 5.41) is 26.2. The molecule has 9 aromatic carbocycles. The third-order valence-electron chi connectivity index (χ3n) is 13.5. The van der Waals surface area contributed by atoms with Crippen LogP contribution in [0.4, 0.5) is 0 Å². The lowest BCUT2D eigenvalue weighted by atomic mass is 9.92. The normalized spacial score (nSPS) is 12.7. The zero-order valence-electron chi connectivity index (χ0n) is 40.3. The summed E-state index contributed by atoms with van der Waals surface area (Å²) in [5.74, 6) is -1.06. The van der Waals surface area contributed by atoms with Crippen LogP contribution in [-0.2, 0) is 22.7 Å². The van der Waals surface area contributed by atoms with Crippen molar-refractivity contribution in [3.05, 3.63) is 150 Å². The van der Waals surface area contributed by atoms with Gasteiger partial charge in [-0.2, -0.15) is 0 Å². The Morgan fingerprint density at radius 1 is 0.478 bits per heavy atom. The molecular formula is C60H62N4O5. The molecule has 0 aliphatic rings. The lowest BCUT2D eigenvalue weighted by Crippen LogP contribution is -2.47. The molecule has 0 aliphatic heterocycles. The molecule has 0 unspecified atom stereocenters. The van der Waals surface area contributed by atoms with Crippen molar-refractivity contribution in [3.63, 3.8) is 0 Å². The first-order valence-electron chi connectivity index (χ1n) is 24.7. The van der Waals surface area contributed by atoms with E-state index < -0.39 is 23.9 Å². The maximum absolute atomic E-state index is 14.3. The number of nitrogens with one attached hydrogen (secondary N) is 4. The topological polar surface area (TPSA) is 126 Å². The van der Waals surface area contributed by atoms with E-state index in [1.165, 1.54) is 49.2 Å². The van der Waals surface area contributed by atoms with Crippen LogP contribution >= 0.6 is 0 Å². The largest absolute Gasteiger partial charge is 0.494 e. The highest BCUT2D eigenvalue weighted by molar-refractivity contribution is 6.24. The molecule has 0 radical (unpaired) electrons.